The van der Waals surface area contributed by atoms with E-state index in [-0.39, 0.29) is 31.0 Å². The third-order valence-electron chi connectivity index (χ3n) is 0. The summed E-state index contributed by atoms with van der Waals surface area (Å²) < 4.78 is 104. The Hall–Kier alpha value is 1.74. The Morgan fingerprint density at radius 2 is 0.471 bits per heavy atom. The fourth-order valence-corrected chi connectivity index (χ4v) is 0. The van der Waals surface area contributed by atoms with Crippen LogP contribution in [0.3, 0.4) is 0 Å². The molecule has 17 heavy (non-hydrogen) atoms. The van der Waals surface area contributed by atoms with Gasteiger partial charge in [-0.2, -0.15) is 9.90 Å². The zero-order chi connectivity index (χ0) is 13.5. The van der Waals surface area contributed by atoms with Gasteiger partial charge in [-0.15, -0.1) is 0 Å². The minimum atomic E-state index is -6.17. The SMILES string of the molecule is P.[Mo+6].[O]=[W](=[O])([O-])[O-].[O]=[W](=[O])([O-])[O-].[O]=[W](=[O])([O-])[O-]. The Bertz CT molecular complexity index is 343. The fraction of sp³-hybridized carbons (Fsp3) is 0. The van der Waals surface area contributed by atoms with Crippen LogP contribution in [0, 0.1) is 0 Å². The van der Waals surface area contributed by atoms with E-state index >= 15 is 0 Å². The van der Waals surface area contributed by atoms with Gasteiger partial charge in [-0.3, -0.25) is 0 Å². The van der Waals surface area contributed by atoms with Crippen LogP contribution < -0.4 is 22.6 Å². The molecular weight excluding hydrogens is 870 g/mol. The Morgan fingerprint density at radius 1 is 0.471 bits per heavy atom. The molecule has 12 nitrogen and oxygen atoms in total. The summed E-state index contributed by atoms with van der Waals surface area (Å²) in [6.07, 6.45) is 0. The first-order valence-electron chi connectivity index (χ1n) is 2.00. The van der Waals surface area contributed by atoms with Crippen LogP contribution >= 0.6 is 9.90 Å². The molecule has 0 aliphatic heterocycles. The molecule has 0 saturated carbocycles. The van der Waals surface area contributed by atoms with Crippen molar-refractivity contribution < 1.29 is 114 Å². The Balaban J connectivity index is -0.0000000400. The van der Waals surface area contributed by atoms with E-state index in [1.165, 1.54) is 0 Å². The molecule has 0 saturated heterocycles. The summed E-state index contributed by atoms with van der Waals surface area (Å²) in [6.45, 7) is 0. The van der Waals surface area contributed by atoms with Crippen LogP contribution in [0.5, 0.6) is 0 Å². The minimum absolute atomic E-state index is 0. The molecule has 0 aromatic heterocycles. The van der Waals surface area contributed by atoms with Gasteiger partial charge >= 0.3 is 114 Å². The Labute approximate surface area is 123 Å². The van der Waals surface area contributed by atoms with Crippen LogP contribution in [0.1, 0.15) is 0 Å². The second-order valence-corrected chi connectivity index (χ2v) is 10.0. The molecule has 0 aliphatic rings. The van der Waals surface area contributed by atoms with Crippen LogP contribution in [-0.4, -0.2) is 0 Å². The summed E-state index contributed by atoms with van der Waals surface area (Å²) in [6, 6.07) is 0. The van der Waals surface area contributed by atoms with E-state index < -0.39 is 50.2 Å². The molecule has 104 valence electrons. The van der Waals surface area contributed by atoms with Gasteiger partial charge in [0, 0.05) is 0 Å². The molecule has 0 amide bonds. The van der Waals surface area contributed by atoms with Crippen LogP contribution in [0.25, 0.3) is 0 Å². The van der Waals surface area contributed by atoms with Crippen LogP contribution in [0.4, 0.5) is 0 Å². The van der Waals surface area contributed by atoms with Crippen molar-refractivity contribution in [2.24, 2.45) is 0 Å². The van der Waals surface area contributed by atoms with Gasteiger partial charge in [0.2, 0.25) is 0 Å². The second kappa shape index (κ2) is 12.8. The van der Waals surface area contributed by atoms with Crippen molar-refractivity contribution in [2.45, 2.75) is 0 Å². The van der Waals surface area contributed by atoms with Gasteiger partial charge in [-0.25, -0.2) is 0 Å². The summed E-state index contributed by atoms with van der Waals surface area (Å²) in [5, 5.41) is 0. The molecule has 0 rings (SSSR count). The summed E-state index contributed by atoms with van der Waals surface area (Å²) in [7, 11) is 0. The van der Waals surface area contributed by atoms with Gasteiger partial charge in [-0.1, -0.05) is 0 Å². The van der Waals surface area contributed by atoms with Crippen LogP contribution in [0.2, 0.25) is 0 Å². The first-order valence-corrected chi connectivity index (χ1v) is 16.4. The molecule has 0 spiro atoms. The third-order valence-corrected chi connectivity index (χ3v) is 0. The van der Waals surface area contributed by atoms with Gasteiger partial charge < -0.3 is 0 Å². The second-order valence-electron chi connectivity index (χ2n) is 1.22. The third kappa shape index (κ3) is 1450. The van der Waals surface area contributed by atoms with E-state index in [4.69, 9.17) is 42.9 Å². The summed E-state index contributed by atoms with van der Waals surface area (Å²) in [5.74, 6) is 0. The van der Waals surface area contributed by atoms with Crippen molar-refractivity contribution in [3.8, 4) is 0 Å². The molecule has 0 N–H and O–H groups in total. The van der Waals surface area contributed by atoms with Crippen LogP contribution in [-0.2, 0) is 91.7 Å². The molecule has 0 radical (unpaired) electrons. The molecule has 0 bridgehead atoms. The first-order chi connectivity index (χ1) is 6.00. The monoisotopic (exact) mass is 876 g/mol. The van der Waals surface area contributed by atoms with E-state index in [0.717, 1.165) is 0 Å². The van der Waals surface area contributed by atoms with Gasteiger partial charge in [0.05, 0.1) is 0 Å². The Kier molecular flexibility index (Phi) is 23.5. The summed E-state index contributed by atoms with van der Waals surface area (Å²) in [5.41, 5.74) is 0. The Morgan fingerprint density at radius 3 is 0.471 bits per heavy atom. The van der Waals surface area contributed by atoms with Gasteiger partial charge in [0.15, 0.2) is 0 Å². The van der Waals surface area contributed by atoms with Crippen molar-refractivity contribution in [3.63, 3.8) is 0 Å². The maximum absolute atomic E-state index is 8.65. The topological polar surface area (TPSA) is 241 Å². The van der Waals surface area contributed by atoms with Gasteiger partial charge in [0.25, 0.3) is 0 Å². The summed E-state index contributed by atoms with van der Waals surface area (Å²) in [4.78, 5) is 0. The van der Waals surface area contributed by atoms with Gasteiger partial charge in [0.1, 0.15) is 0 Å². The van der Waals surface area contributed by atoms with E-state index in [1.807, 2.05) is 0 Å². The molecule has 0 fully saturated rings. The molecule has 1 atom stereocenters. The number of rotatable bonds is 0. The van der Waals surface area contributed by atoms with E-state index in [0.29, 0.717) is 0 Å². The number of hydrogen-bond acceptors (Lipinski definition) is 12. The average Bonchev–Trinajstić information content (AvgIpc) is 1.41. The van der Waals surface area contributed by atoms with Crippen molar-refractivity contribution >= 4 is 9.90 Å². The van der Waals surface area contributed by atoms with E-state index in [9.17, 15) is 0 Å². The zero-order valence-electron chi connectivity index (χ0n) is 7.24. The molecule has 0 aromatic carbocycles. The van der Waals surface area contributed by atoms with E-state index in [1.54, 1.807) is 0 Å². The molecular formula is H3MoO12PW3. The quantitative estimate of drug-likeness (QED) is 0.163. The van der Waals surface area contributed by atoms with E-state index in [2.05, 4.69) is 0 Å². The van der Waals surface area contributed by atoms with Crippen molar-refractivity contribution in [1.29, 1.82) is 0 Å². The zero-order valence-corrected chi connectivity index (χ0v) is 19.5. The van der Waals surface area contributed by atoms with Gasteiger partial charge in [-0.05, 0) is 0 Å². The molecule has 0 aliphatic carbocycles. The maximum atomic E-state index is 8.65. The average molecular weight is 873 g/mol. The van der Waals surface area contributed by atoms with Crippen molar-refractivity contribution in [3.05, 3.63) is 0 Å². The summed E-state index contributed by atoms with van der Waals surface area (Å²) >= 11 is -18.5. The van der Waals surface area contributed by atoms with Crippen LogP contribution in [0.15, 0.2) is 0 Å². The molecule has 1 unspecified atom stereocenters. The molecule has 0 aromatic rings. The predicted molar refractivity (Wildman–Crippen MR) is 15.2 cm³/mol. The molecule has 17 heteroatoms. The first kappa shape index (κ1) is 31.2. The van der Waals surface area contributed by atoms with Crippen molar-refractivity contribution in [2.75, 3.05) is 0 Å². The molecule has 0 heterocycles. The standard InChI is InChI=1S/Mo.12O.H3P.3W/h;;;;;;;;;;;;;1H3;;;/q+6;;;;;;;6*-1;;;;. The number of hydrogen-bond donors (Lipinski definition) is 0. The predicted octanol–water partition coefficient (Wildman–Crippen LogP) is -7.80. The fourth-order valence-electron chi connectivity index (χ4n) is 0. The normalized spacial score (nSPS) is 10.2. The van der Waals surface area contributed by atoms with Crippen molar-refractivity contribution in [1.82, 2.24) is 0 Å².